The predicted molar refractivity (Wildman–Crippen MR) is 42.9 cm³/mol. The van der Waals surface area contributed by atoms with E-state index in [-0.39, 0.29) is 5.82 Å². The van der Waals surface area contributed by atoms with Gasteiger partial charge in [-0.15, -0.1) is 11.8 Å². The molecule has 0 atom stereocenters. The molecule has 0 saturated carbocycles. The van der Waals surface area contributed by atoms with E-state index in [2.05, 4.69) is 0 Å². The van der Waals surface area contributed by atoms with Crippen LogP contribution in [0.1, 0.15) is 5.56 Å². The van der Waals surface area contributed by atoms with Gasteiger partial charge in [-0.05, 0) is 36.9 Å². The maximum atomic E-state index is 12.6. The van der Waals surface area contributed by atoms with Gasteiger partial charge in [0.15, 0.2) is 0 Å². The van der Waals surface area contributed by atoms with E-state index >= 15 is 0 Å². The van der Waals surface area contributed by atoms with Gasteiger partial charge in [-0.1, -0.05) is 0 Å². The molecule has 0 nitrogen and oxygen atoms in total. The summed E-state index contributed by atoms with van der Waals surface area (Å²) in [6.07, 6.45) is 1.94. The van der Waals surface area contributed by atoms with Gasteiger partial charge >= 0.3 is 0 Å². The van der Waals surface area contributed by atoms with Crippen LogP contribution in [0.25, 0.3) is 0 Å². The van der Waals surface area contributed by atoms with E-state index in [4.69, 9.17) is 0 Å². The lowest BCUT2D eigenvalue weighted by Gasteiger charge is -1.97. The molecular weight excluding hydrogens is 147 g/mol. The van der Waals surface area contributed by atoms with Gasteiger partial charge in [0, 0.05) is 4.90 Å². The smallest absolute Gasteiger partial charge is 0.124 e. The molecule has 1 rings (SSSR count). The van der Waals surface area contributed by atoms with Gasteiger partial charge in [0.25, 0.3) is 0 Å². The number of hydrogen-bond acceptors (Lipinski definition) is 1. The Morgan fingerprint density at radius 2 is 2.00 bits per heavy atom. The van der Waals surface area contributed by atoms with Crippen LogP contribution in [0.3, 0.4) is 0 Å². The second kappa shape index (κ2) is 3.06. The minimum absolute atomic E-state index is 0.149. The summed E-state index contributed by atoms with van der Waals surface area (Å²) in [7, 11) is 0. The highest BCUT2D eigenvalue weighted by Crippen LogP contribution is 2.17. The topological polar surface area (TPSA) is 0 Å². The number of aryl methyl sites for hydroxylation is 1. The normalized spacial score (nSPS) is 9.90. The standard InChI is InChI=1S/C8H9FS/c1-6-3-7(9)5-8(4-6)10-2/h3-5H,1-2H3. The molecule has 0 radical (unpaired) electrons. The second-order valence-corrected chi connectivity index (χ2v) is 3.05. The molecule has 0 amide bonds. The Kier molecular flexibility index (Phi) is 2.33. The highest BCUT2D eigenvalue weighted by atomic mass is 32.2. The summed E-state index contributed by atoms with van der Waals surface area (Å²) >= 11 is 1.56. The molecule has 0 bridgehead atoms. The van der Waals surface area contributed by atoms with E-state index < -0.39 is 0 Å². The minimum atomic E-state index is -0.149. The number of rotatable bonds is 1. The van der Waals surface area contributed by atoms with Gasteiger partial charge in [0.05, 0.1) is 0 Å². The van der Waals surface area contributed by atoms with Crippen molar-refractivity contribution in [2.45, 2.75) is 11.8 Å². The molecule has 0 N–H and O–H groups in total. The van der Waals surface area contributed by atoms with Crippen molar-refractivity contribution in [2.24, 2.45) is 0 Å². The number of thioether (sulfide) groups is 1. The fraction of sp³-hybridized carbons (Fsp3) is 0.250. The lowest BCUT2D eigenvalue weighted by Crippen LogP contribution is -1.78. The zero-order valence-electron chi connectivity index (χ0n) is 6.02. The van der Waals surface area contributed by atoms with Gasteiger partial charge in [-0.3, -0.25) is 0 Å². The van der Waals surface area contributed by atoms with Gasteiger partial charge in [0.1, 0.15) is 5.82 Å². The summed E-state index contributed by atoms with van der Waals surface area (Å²) in [5.74, 6) is -0.149. The van der Waals surface area contributed by atoms with Crippen LogP contribution in [0.5, 0.6) is 0 Å². The van der Waals surface area contributed by atoms with E-state index in [1.807, 2.05) is 19.2 Å². The SMILES string of the molecule is CSc1cc(C)cc(F)c1. The average Bonchev–Trinajstić information content (AvgIpc) is 1.85. The van der Waals surface area contributed by atoms with Crippen LogP contribution < -0.4 is 0 Å². The van der Waals surface area contributed by atoms with Crippen molar-refractivity contribution in [2.75, 3.05) is 6.26 Å². The van der Waals surface area contributed by atoms with Crippen molar-refractivity contribution < 1.29 is 4.39 Å². The molecule has 54 valence electrons. The van der Waals surface area contributed by atoms with Gasteiger partial charge in [-0.25, -0.2) is 4.39 Å². The summed E-state index contributed by atoms with van der Waals surface area (Å²) < 4.78 is 12.6. The number of benzene rings is 1. The fourth-order valence-electron chi connectivity index (χ4n) is 0.821. The van der Waals surface area contributed by atoms with Crippen LogP contribution in [0.2, 0.25) is 0 Å². The number of halogens is 1. The van der Waals surface area contributed by atoms with E-state index in [1.165, 1.54) is 12.1 Å². The van der Waals surface area contributed by atoms with Crippen LogP contribution in [-0.4, -0.2) is 6.26 Å². The molecule has 10 heavy (non-hydrogen) atoms. The summed E-state index contributed by atoms with van der Waals surface area (Å²) in [6, 6.07) is 5.03. The molecular formula is C8H9FS. The predicted octanol–water partition coefficient (Wildman–Crippen LogP) is 2.86. The molecule has 0 unspecified atom stereocenters. The zero-order valence-corrected chi connectivity index (χ0v) is 6.83. The van der Waals surface area contributed by atoms with E-state index in [1.54, 1.807) is 11.8 Å². The van der Waals surface area contributed by atoms with Crippen LogP contribution in [0.15, 0.2) is 23.1 Å². The van der Waals surface area contributed by atoms with Gasteiger partial charge in [-0.2, -0.15) is 0 Å². The summed E-state index contributed by atoms with van der Waals surface area (Å²) in [5.41, 5.74) is 0.976. The van der Waals surface area contributed by atoms with Crippen molar-refractivity contribution in [3.8, 4) is 0 Å². The maximum Gasteiger partial charge on any atom is 0.124 e. The molecule has 1 aromatic carbocycles. The monoisotopic (exact) mass is 156 g/mol. The number of hydrogen-bond donors (Lipinski definition) is 0. The highest BCUT2D eigenvalue weighted by Gasteiger charge is 1.94. The van der Waals surface area contributed by atoms with Gasteiger partial charge < -0.3 is 0 Å². The van der Waals surface area contributed by atoms with Crippen molar-refractivity contribution >= 4 is 11.8 Å². The van der Waals surface area contributed by atoms with Crippen LogP contribution in [0, 0.1) is 12.7 Å². The Morgan fingerprint density at radius 3 is 2.50 bits per heavy atom. The molecule has 0 spiro atoms. The van der Waals surface area contributed by atoms with Crippen molar-refractivity contribution in [3.05, 3.63) is 29.6 Å². The lowest BCUT2D eigenvalue weighted by molar-refractivity contribution is 0.623. The first-order valence-corrected chi connectivity index (χ1v) is 4.26. The van der Waals surface area contributed by atoms with Crippen LogP contribution in [-0.2, 0) is 0 Å². The lowest BCUT2D eigenvalue weighted by atomic mass is 10.2. The first-order valence-electron chi connectivity index (χ1n) is 3.03. The van der Waals surface area contributed by atoms with Crippen LogP contribution >= 0.6 is 11.8 Å². The maximum absolute atomic E-state index is 12.6. The molecule has 0 aliphatic heterocycles. The summed E-state index contributed by atoms with van der Waals surface area (Å²) in [5, 5.41) is 0. The Balaban J connectivity index is 3.06. The summed E-state index contributed by atoms with van der Waals surface area (Å²) in [4.78, 5) is 0.984. The summed E-state index contributed by atoms with van der Waals surface area (Å²) in [6.45, 7) is 1.89. The van der Waals surface area contributed by atoms with E-state index in [9.17, 15) is 4.39 Å². The quantitative estimate of drug-likeness (QED) is 0.563. The minimum Gasteiger partial charge on any atom is -0.207 e. The largest absolute Gasteiger partial charge is 0.207 e. The second-order valence-electron chi connectivity index (χ2n) is 2.17. The van der Waals surface area contributed by atoms with Crippen molar-refractivity contribution in [1.82, 2.24) is 0 Å². The fourth-order valence-corrected chi connectivity index (χ4v) is 1.35. The van der Waals surface area contributed by atoms with Crippen molar-refractivity contribution in [1.29, 1.82) is 0 Å². The average molecular weight is 156 g/mol. The molecule has 0 aliphatic carbocycles. The Labute approximate surface area is 64.4 Å². The Bertz CT molecular complexity index is 212. The third-order valence-corrected chi connectivity index (χ3v) is 1.96. The van der Waals surface area contributed by atoms with Crippen LogP contribution in [0.4, 0.5) is 4.39 Å². The first-order chi connectivity index (χ1) is 4.72. The van der Waals surface area contributed by atoms with Crippen molar-refractivity contribution in [3.63, 3.8) is 0 Å². The van der Waals surface area contributed by atoms with E-state index in [0.29, 0.717) is 0 Å². The zero-order chi connectivity index (χ0) is 7.56. The molecule has 0 aromatic heterocycles. The highest BCUT2D eigenvalue weighted by molar-refractivity contribution is 7.98. The molecule has 2 heteroatoms. The molecule has 0 fully saturated rings. The Hall–Kier alpha value is -0.500. The van der Waals surface area contributed by atoms with Gasteiger partial charge in [0.2, 0.25) is 0 Å². The third-order valence-electron chi connectivity index (χ3n) is 1.25. The molecule has 0 heterocycles. The van der Waals surface area contributed by atoms with E-state index in [0.717, 1.165) is 10.5 Å². The molecule has 0 saturated heterocycles. The first kappa shape index (κ1) is 7.61. The Morgan fingerprint density at radius 1 is 1.30 bits per heavy atom. The third kappa shape index (κ3) is 1.74. The molecule has 1 aromatic rings. The molecule has 0 aliphatic rings.